The lowest BCUT2D eigenvalue weighted by molar-refractivity contribution is 0.266. The van der Waals surface area contributed by atoms with Crippen LogP contribution in [0.1, 0.15) is 43.7 Å². The van der Waals surface area contributed by atoms with Crippen molar-refractivity contribution in [2.45, 2.75) is 45.6 Å². The number of hydrogen-bond donors (Lipinski definition) is 1. The number of hydrogen-bond acceptors (Lipinski definition) is 2. The summed E-state index contributed by atoms with van der Waals surface area (Å²) in [5.41, 5.74) is 4.05. The number of aliphatic hydroxyl groups excluding tert-OH is 1. The third-order valence-electron chi connectivity index (χ3n) is 3.79. The highest BCUT2D eigenvalue weighted by molar-refractivity contribution is 5.53. The molecule has 2 rings (SSSR count). The van der Waals surface area contributed by atoms with Gasteiger partial charge in [0.1, 0.15) is 0 Å². The van der Waals surface area contributed by atoms with Crippen molar-refractivity contribution < 1.29 is 5.11 Å². The summed E-state index contributed by atoms with van der Waals surface area (Å²) in [7, 11) is 0. The van der Waals surface area contributed by atoms with Crippen LogP contribution in [0.4, 0.5) is 5.69 Å². The van der Waals surface area contributed by atoms with Gasteiger partial charge >= 0.3 is 0 Å². The summed E-state index contributed by atoms with van der Waals surface area (Å²) >= 11 is 0. The van der Waals surface area contributed by atoms with E-state index in [4.69, 9.17) is 0 Å². The second-order valence-corrected chi connectivity index (χ2v) is 5.37. The van der Waals surface area contributed by atoms with Gasteiger partial charge in [0.2, 0.25) is 0 Å². The minimum absolute atomic E-state index is 0.269. The first kappa shape index (κ1) is 12.4. The molecule has 2 nitrogen and oxygen atoms in total. The van der Waals surface area contributed by atoms with Crippen molar-refractivity contribution in [1.82, 2.24) is 0 Å². The van der Waals surface area contributed by atoms with E-state index in [1.807, 2.05) is 0 Å². The molecule has 1 aliphatic heterocycles. The van der Waals surface area contributed by atoms with Crippen molar-refractivity contribution >= 4 is 5.69 Å². The molecule has 0 spiro atoms. The molecule has 1 aromatic rings. The van der Waals surface area contributed by atoms with Crippen LogP contribution in [-0.4, -0.2) is 24.3 Å². The summed E-state index contributed by atoms with van der Waals surface area (Å²) in [5, 5.41) is 9.37. The molecule has 1 aromatic carbocycles. The number of benzene rings is 1. The predicted molar refractivity (Wildman–Crippen MR) is 72.7 cm³/mol. The molecule has 1 heterocycles. The number of rotatable bonds is 3. The van der Waals surface area contributed by atoms with E-state index >= 15 is 0 Å². The third-order valence-corrected chi connectivity index (χ3v) is 3.79. The highest BCUT2D eigenvalue weighted by Crippen LogP contribution is 2.29. The van der Waals surface area contributed by atoms with Crippen LogP contribution >= 0.6 is 0 Å². The summed E-state index contributed by atoms with van der Waals surface area (Å²) in [6.07, 6.45) is 2.30. The number of aryl methyl sites for hydroxylation is 1. The minimum Gasteiger partial charge on any atom is -0.394 e. The van der Waals surface area contributed by atoms with Crippen LogP contribution in [0.5, 0.6) is 0 Å². The van der Waals surface area contributed by atoms with E-state index in [1.54, 1.807) is 0 Å². The van der Waals surface area contributed by atoms with Crippen molar-refractivity contribution in [2.24, 2.45) is 0 Å². The van der Waals surface area contributed by atoms with Gasteiger partial charge in [-0.2, -0.15) is 0 Å². The fourth-order valence-corrected chi connectivity index (χ4v) is 2.85. The van der Waals surface area contributed by atoms with Gasteiger partial charge in [-0.25, -0.2) is 0 Å². The minimum atomic E-state index is 0.269. The van der Waals surface area contributed by atoms with E-state index in [0.717, 1.165) is 13.0 Å². The fourth-order valence-electron chi connectivity index (χ4n) is 2.85. The van der Waals surface area contributed by atoms with Gasteiger partial charge < -0.3 is 10.0 Å². The molecular weight excluding hydrogens is 210 g/mol. The molecule has 17 heavy (non-hydrogen) atoms. The molecule has 1 saturated heterocycles. The Hall–Kier alpha value is -1.02. The van der Waals surface area contributed by atoms with Crippen LogP contribution in [0, 0.1) is 6.92 Å². The van der Waals surface area contributed by atoms with E-state index < -0.39 is 0 Å². The molecule has 0 radical (unpaired) electrons. The van der Waals surface area contributed by atoms with Crippen LogP contribution in [-0.2, 0) is 0 Å². The Labute approximate surface area is 104 Å². The molecule has 0 bridgehead atoms. The second-order valence-electron chi connectivity index (χ2n) is 5.37. The van der Waals surface area contributed by atoms with Crippen molar-refractivity contribution in [2.75, 3.05) is 18.1 Å². The lowest BCUT2D eigenvalue weighted by Crippen LogP contribution is -2.32. The molecule has 0 aliphatic carbocycles. The topological polar surface area (TPSA) is 23.5 Å². The van der Waals surface area contributed by atoms with Crippen LogP contribution in [0.25, 0.3) is 0 Å². The van der Waals surface area contributed by atoms with Crippen molar-refractivity contribution in [3.8, 4) is 0 Å². The maximum absolute atomic E-state index is 9.37. The Morgan fingerprint density at radius 1 is 1.41 bits per heavy atom. The molecule has 1 atom stereocenters. The van der Waals surface area contributed by atoms with Gasteiger partial charge in [-0.3, -0.25) is 0 Å². The highest BCUT2D eigenvalue weighted by atomic mass is 16.3. The molecule has 0 aromatic heterocycles. The molecule has 1 fully saturated rings. The Kier molecular flexibility index (Phi) is 3.72. The van der Waals surface area contributed by atoms with Gasteiger partial charge in [-0.05, 0) is 48.9 Å². The SMILES string of the molecule is Cc1cc(N2CCC[C@H]2CO)ccc1C(C)C. The summed E-state index contributed by atoms with van der Waals surface area (Å²) in [4.78, 5) is 2.34. The maximum Gasteiger partial charge on any atom is 0.0635 e. The number of nitrogens with zero attached hydrogens (tertiary/aromatic N) is 1. The van der Waals surface area contributed by atoms with Gasteiger partial charge in [0.15, 0.2) is 0 Å². The Morgan fingerprint density at radius 3 is 2.76 bits per heavy atom. The first-order valence-electron chi connectivity index (χ1n) is 6.61. The molecule has 1 aliphatic rings. The van der Waals surface area contributed by atoms with Crippen LogP contribution in [0.2, 0.25) is 0 Å². The highest BCUT2D eigenvalue weighted by Gasteiger charge is 2.24. The zero-order valence-electron chi connectivity index (χ0n) is 11.1. The standard InChI is InChI=1S/C15H23NO/c1-11(2)15-7-6-13(9-12(15)3)16-8-4-5-14(16)10-17/h6-7,9,11,14,17H,4-5,8,10H2,1-3H3/t14-/m0/s1. The second kappa shape index (κ2) is 5.09. The van der Waals surface area contributed by atoms with Crippen molar-refractivity contribution in [3.63, 3.8) is 0 Å². The van der Waals surface area contributed by atoms with Gasteiger partial charge in [0, 0.05) is 12.2 Å². The molecular formula is C15H23NO. The predicted octanol–water partition coefficient (Wildman–Crippen LogP) is 3.08. The summed E-state index contributed by atoms with van der Waals surface area (Å²) < 4.78 is 0. The van der Waals surface area contributed by atoms with E-state index in [0.29, 0.717) is 12.0 Å². The van der Waals surface area contributed by atoms with Gasteiger partial charge in [0.05, 0.1) is 12.6 Å². The van der Waals surface area contributed by atoms with E-state index in [-0.39, 0.29) is 6.61 Å². The smallest absolute Gasteiger partial charge is 0.0635 e. The number of aliphatic hydroxyl groups is 1. The first-order chi connectivity index (χ1) is 8.13. The average molecular weight is 233 g/mol. The molecule has 94 valence electrons. The Bertz CT molecular complexity index is 387. The fraction of sp³-hybridized carbons (Fsp3) is 0.600. The molecule has 2 heteroatoms. The summed E-state index contributed by atoms with van der Waals surface area (Å²) in [6, 6.07) is 7.03. The average Bonchev–Trinajstić information content (AvgIpc) is 2.76. The van der Waals surface area contributed by atoms with Crippen molar-refractivity contribution in [1.29, 1.82) is 0 Å². The monoisotopic (exact) mass is 233 g/mol. The lowest BCUT2D eigenvalue weighted by Gasteiger charge is -2.26. The Balaban J connectivity index is 2.25. The third kappa shape index (κ3) is 2.47. The zero-order valence-corrected chi connectivity index (χ0v) is 11.1. The van der Waals surface area contributed by atoms with Gasteiger partial charge in [0.25, 0.3) is 0 Å². The normalized spacial score (nSPS) is 20.3. The van der Waals surface area contributed by atoms with Gasteiger partial charge in [-0.15, -0.1) is 0 Å². The quantitative estimate of drug-likeness (QED) is 0.867. The molecule has 1 N–H and O–H groups in total. The van der Waals surface area contributed by atoms with Crippen LogP contribution < -0.4 is 4.90 Å². The lowest BCUT2D eigenvalue weighted by atomic mass is 9.97. The van der Waals surface area contributed by atoms with E-state index in [1.165, 1.54) is 23.2 Å². The molecule has 0 saturated carbocycles. The van der Waals surface area contributed by atoms with Crippen molar-refractivity contribution in [3.05, 3.63) is 29.3 Å². The summed E-state index contributed by atoms with van der Waals surface area (Å²) in [6.45, 7) is 7.99. The largest absolute Gasteiger partial charge is 0.394 e. The van der Waals surface area contributed by atoms with Crippen LogP contribution in [0.15, 0.2) is 18.2 Å². The van der Waals surface area contributed by atoms with E-state index in [9.17, 15) is 5.11 Å². The van der Waals surface area contributed by atoms with Gasteiger partial charge in [-0.1, -0.05) is 19.9 Å². The number of anilines is 1. The molecule has 0 unspecified atom stereocenters. The zero-order chi connectivity index (χ0) is 12.4. The molecule has 0 amide bonds. The summed E-state index contributed by atoms with van der Waals surface area (Å²) in [5.74, 6) is 0.580. The Morgan fingerprint density at radius 2 is 2.18 bits per heavy atom. The van der Waals surface area contributed by atoms with E-state index in [2.05, 4.69) is 43.9 Å². The van der Waals surface area contributed by atoms with Crippen LogP contribution in [0.3, 0.4) is 0 Å². The first-order valence-corrected chi connectivity index (χ1v) is 6.61. The maximum atomic E-state index is 9.37.